The van der Waals surface area contributed by atoms with Crippen LogP contribution in [0.3, 0.4) is 0 Å². The molecule has 5 nitrogen and oxygen atoms in total. The third kappa shape index (κ3) is 9.35. The van der Waals surface area contributed by atoms with Crippen LogP contribution in [0, 0.1) is 0 Å². The van der Waals surface area contributed by atoms with Gasteiger partial charge in [-0.2, -0.15) is 0 Å². The molecule has 0 atom stereocenters. The van der Waals surface area contributed by atoms with E-state index >= 15 is 0 Å². The van der Waals surface area contributed by atoms with Gasteiger partial charge in [-0.1, -0.05) is 95.3 Å². The topological polar surface area (TPSA) is 42.0 Å². The molecule has 3 aromatic carbocycles. The first kappa shape index (κ1) is 31.6. The Morgan fingerprint density at radius 1 is 0.643 bits per heavy atom. The highest BCUT2D eigenvalue weighted by molar-refractivity contribution is 5.94. The number of carbonyl (C=O) groups is 1. The predicted octanol–water partition coefficient (Wildman–Crippen LogP) is 8.75. The van der Waals surface area contributed by atoms with Crippen LogP contribution < -0.4 is 9.47 Å². The fraction of sp³-hybridized carbons (Fsp3) is 0.486. The van der Waals surface area contributed by atoms with Crippen LogP contribution >= 0.6 is 0 Å². The molecule has 1 aliphatic heterocycles. The number of fused-ring (bicyclic) bond motifs is 1. The molecule has 0 N–H and O–H groups in total. The van der Waals surface area contributed by atoms with Crippen LogP contribution in [0.2, 0.25) is 0 Å². The lowest BCUT2D eigenvalue weighted by atomic mass is 10.0. The second-order valence-electron chi connectivity index (χ2n) is 11.5. The fourth-order valence-electron chi connectivity index (χ4n) is 5.49. The number of rotatable bonds is 18. The van der Waals surface area contributed by atoms with E-state index in [4.69, 9.17) is 9.47 Å². The first-order valence-electron chi connectivity index (χ1n) is 16.2. The van der Waals surface area contributed by atoms with Crippen molar-refractivity contribution >= 4 is 5.91 Å². The Morgan fingerprint density at radius 3 is 2.02 bits per heavy atom. The number of nitrogens with zero attached hydrogens (tertiary/aromatic N) is 2. The number of ether oxygens (including phenoxy) is 2. The summed E-state index contributed by atoms with van der Waals surface area (Å²) >= 11 is 0. The fourth-order valence-corrected chi connectivity index (χ4v) is 5.49. The maximum atomic E-state index is 13.9. The zero-order valence-corrected chi connectivity index (χ0v) is 26.1. The maximum absolute atomic E-state index is 13.9. The van der Waals surface area contributed by atoms with Gasteiger partial charge < -0.3 is 19.3 Å². The molecule has 4 rings (SSSR count). The Kier molecular flexibility index (Phi) is 12.8. The summed E-state index contributed by atoms with van der Waals surface area (Å²) in [6.07, 6.45) is 10.8. The number of hydrogen-bond acceptors (Lipinski definition) is 4. The molecule has 0 saturated carbocycles. The molecule has 1 heterocycles. The van der Waals surface area contributed by atoms with Crippen molar-refractivity contribution in [2.24, 2.45) is 0 Å². The minimum atomic E-state index is 0.110. The number of unbranched alkanes of at least 4 members (excludes halogenated alkanes) is 5. The molecule has 3 aromatic rings. The Labute approximate surface area is 253 Å². The molecule has 226 valence electrons. The van der Waals surface area contributed by atoms with Crippen molar-refractivity contribution in [1.29, 1.82) is 0 Å². The van der Waals surface area contributed by atoms with Crippen molar-refractivity contribution < 1.29 is 14.3 Å². The summed E-state index contributed by atoms with van der Waals surface area (Å²) in [6, 6.07) is 22.9. The van der Waals surface area contributed by atoms with Gasteiger partial charge in [0, 0.05) is 25.2 Å². The molecule has 0 spiro atoms. The summed E-state index contributed by atoms with van der Waals surface area (Å²) < 4.78 is 11.0. The molecule has 0 fully saturated rings. The van der Waals surface area contributed by atoms with Crippen molar-refractivity contribution in [1.82, 2.24) is 9.80 Å². The van der Waals surface area contributed by atoms with E-state index in [0.29, 0.717) is 6.54 Å². The maximum Gasteiger partial charge on any atom is 0.254 e. The van der Waals surface area contributed by atoms with Gasteiger partial charge in [-0.25, -0.2) is 0 Å². The summed E-state index contributed by atoms with van der Waals surface area (Å²) in [5.41, 5.74) is 5.44. The zero-order valence-electron chi connectivity index (χ0n) is 26.1. The minimum Gasteiger partial charge on any atom is -0.454 e. The lowest BCUT2D eigenvalue weighted by Gasteiger charge is -2.28. The quantitative estimate of drug-likeness (QED) is 0.143. The Bertz CT molecular complexity index is 1220. The van der Waals surface area contributed by atoms with Crippen LogP contribution in [0.1, 0.15) is 93.6 Å². The van der Waals surface area contributed by atoms with Crippen LogP contribution in [0.25, 0.3) is 11.1 Å². The smallest absolute Gasteiger partial charge is 0.254 e. The van der Waals surface area contributed by atoms with Crippen LogP contribution in [0.15, 0.2) is 66.7 Å². The molecule has 42 heavy (non-hydrogen) atoms. The second-order valence-corrected chi connectivity index (χ2v) is 11.5. The van der Waals surface area contributed by atoms with Crippen LogP contribution in [0.5, 0.6) is 11.5 Å². The largest absolute Gasteiger partial charge is 0.454 e. The number of aryl methyl sites for hydroxylation is 1. The third-order valence-electron chi connectivity index (χ3n) is 8.18. The minimum absolute atomic E-state index is 0.110. The van der Waals surface area contributed by atoms with Gasteiger partial charge in [-0.05, 0) is 85.3 Å². The van der Waals surface area contributed by atoms with Gasteiger partial charge in [0.05, 0.1) is 0 Å². The van der Waals surface area contributed by atoms with Gasteiger partial charge in [-0.3, -0.25) is 4.79 Å². The average Bonchev–Trinajstić information content (AvgIpc) is 3.50. The predicted molar refractivity (Wildman–Crippen MR) is 173 cm³/mol. The van der Waals surface area contributed by atoms with Crippen LogP contribution in [0.4, 0.5) is 0 Å². The van der Waals surface area contributed by atoms with E-state index in [2.05, 4.69) is 68.1 Å². The van der Waals surface area contributed by atoms with Gasteiger partial charge in [0.2, 0.25) is 6.79 Å². The summed E-state index contributed by atoms with van der Waals surface area (Å²) in [5, 5.41) is 0. The summed E-state index contributed by atoms with van der Waals surface area (Å²) in [4.78, 5) is 18.5. The molecular formula is C37H50N2O3. The standard InChI is InChI=1S/C37H50N2O3/c1-4-7-10-12-30-13-19-33(20-14-30)37(40)39(26-25-38(23-9-6-3)24-11-8-5-2)28-31-15-17-32(18-16-31)34-21-22-35-36(27-34)42-29-41-35/h13-22,27H,4-12,23-26,28-29H2,1-3H3. The van der Waals surface area contributed by atoms with Gasteiger partial charge in [0.25, 0.3) is 5.91 Å². The summed E-state index contributed by atoms with van der Waals surface area (Å²) in [7, 11) is 0. The van der Waals surface area contributed by atoms with Gasteiger partial charge in [0.1, 0.15) is 0 Å². The van der Waals surface area contributed by atoms with Crippen LogP contribution in [-0.2, 0) is 13.0 Å². The second kappa shape index (κ2) is 17.0. The zero-order chi connectivity index (χ0) is 29.6. The van der Waals surface area contributed by atoms with Crippen molar-refractivity contribution in [3.63, 3.8) is 0 Å². The summed E-state index contributed by atoms with van der Waals surface area (Å²) in [5.74, 6) is 1.69. The molecule has 0 aromatic heterocycles. The van der Waals surface area contributed by atoms with Crippen molar-refractivity contribution in [2.75, 3.05) is 33.0 Å². The van der Waals surface area contributed by atoms with Crippen LogP contribution in [-0.4, -0.2) is 48.7 Å². The molecule has 0 bridgehead atoms. The highest BCUT2D eigenvalue weighted by Crippen LogP contribution is 2.36. The number of benzene rings is 3. The van der Waals surface area contributed by atoms with E-state index in [9.17, 15) is 4.79 Å². The molecule has 0 unspecified atom stereocenters. The molecule has 5 heteroatoms. The number of amides is 1. The Hall–Kier alpha value is -3.31. The number of carbonyl (C=O) groups excluding carboxylic acids is 1. The Morgan fingerprint density at radius 2 is 1.29 bits per heavy atom. The highest BCUT2D eigenvalue weighted by Gasteiger charge is 2.19. The molecule has 1 aliphatic rings. The SMILES string of the molecule is CCCCCc1ccc(C(=O)N(CCN(CCCC)CCCCC)Cc2ccc(-c3ccc4c(c3)OCO4)cc2)cc1. The molecule has 0 aliphatic carbocycles. The lowest BCUT2D eigenvalue weighted by Crippen LogP contribution is -2.39. The van der Waals surface area contributed by atoms with E-state index in [0.717, 1.165) is 66.4 Å². The monoisotopic (exact) mass is 570 g/mol. The van der Waals surface area contributed by atoms with Crippen molar-refractivity contribution in [3.05, 3.63) is 83.4 Å². The van der Waals surface area contributed by atoms with E-state index in [1.54, 1.807) is 0 Å². The third-order valence-corrected chi connectivity index (χ3v) is 8.18. The first-order chi connectivity index (χ1) is 20.6. The Balaban J connectivity index is 1.47. The molecule has 0 radical (unpaired) electrons. The number of hydrogen-bond donors (Lipinski definition) is 0. The molecule has 1 amide bonds. The average molecular weight is 571 g/mol. The van der Waals surface area contributed by atoms with E-state index in [1.807, 2.05) is 29.2 Å². The molecular weight excluding hydrogens is 520 g/mol. The van der Waals surface area contributed by atoms with Gasteiger partial charge in [-0.15, -0.1) is 0 Å². The van der Waals surface area contributed by atoms with Crippen molar-refractivity contribution in [2.45, 2.75) is 85.1 Å². The van der Waals surface area contributed by atoms with E-state index in [1.165, 1.54) is 56.9 Å². The van der Waals surface area contributed by atoms with Gasteiger partial charge in [0.15, 0.2) is 11.5 Å². The van der Waals surface area contributed by atoms with E-state index < -0.39 is 0 Å². The van der Waals surface area contributed by atoms with E-state index in [-0.39, 0.29) is 12.7 Å². The molecule has 0 saturated heterocycles. The van der Waals surface area contributed by atoms with Gasteiger partial charge >= 0.3 is 0 Å². The highest BCUT2D eigenvalue weighted by atomic mass is 16.7. The summed E-state index contributed by atoms with van der Waals surface area (Å²) in [6.45, 7) is 11.4. The normalized spacial score (nSPS) is 12.2. The lowest BCUT2D eigenvalue weighted by molar-refractivity contribution is 0.0720. The van der Waals surface area contributed by atoms with Crippen molar-refractivity contribution in [3.8, 4) is 22.6 Å². The first-order valence-corrected chi connectivity index (χ1v) is 16.2.